The van der Waals surface area contributed by atoms with Gasteiger partial charge in [-0.3, -0.25) is 0 Å². The first-order chi connectivity index (χ1) is 6.88. The summed E-state index contributed by atoms with van der Waals surface area (Å²) < 4.78 is 0. The third kappa shape index (κ3) is 3.48. The predicted molar refractivity (Wildman–Crippen MR) is 62.1 cm³/mol. The molecule has 0 fully saturated rings. The van der Waals surface area contributed by atoms with E-state index in [4.69, 9.17) is 5.73 Å². The van der Waals surface area contributed by atoms with Gasteiger partial charge in [-0.25, -0.2) is 0 Å². The highest BCUT2D eigenvalue weighted by Crippen LogP contribution is 2.17. The standard InChI is InChI=1S/C12H20N2/c1-2-3-4-5-11-7-9-14-10-12(11)6-8-13/h2-5,7,12,14H,6,8-10,13H2,1H3/b3-2-,5-4-. The zero-order valence-corrected chi connectivity index (χ0v) is 8.87. The lowest BCUT2D eigenvalue weighted by Crippen LogP contribution is -2.30. The third-order valence-corrected chi connectivity index (χ3v) is 2.45. The van der Waals surface area contributed by atoms with Crippen molar-refractivity contribution in [3.63, 3.8) is 0 Å². The minimum atomic E-state index is 0.593. The first kappa shape index (κ1) is 11.2. The van der Waals surface area contributed by atoms with Crippen molar-refractivity contribution in [1.82, 2.24) is 5.32 Å². The second-order valence-corrected chi connectivity index (χ2v) is 3.52. The van der Waals surface area contributed by atoms with Gasteiger partial charge in [0, 0.05) is 13.1 Å². The molecule has 78 valence electrons. The maximum atomic E-state index is 5.58. The summed E-state index contributed by atoms with van der Waals surface area (Å²) in [5, 5.41) is 3.36. The Kier molecular flexibility index (Phi) is 5.27. The lowest BCUT2D eigenvalue weighted by atomic mass is 9.92. The van der Waals surface area contributed by atoms with Crippen LogP contribution < -0.4 is 11.1 Å². The Morgan fingerprint density at radius 1 is 1.57 bits per heavy atom. The Labute approximate surface area is 86.6 Å². The molecule has 0 aromatic heterocycles. The van der Waals surface area contributed by atoms with E-state index in [1.165, 1.54) is 5.57 Å². The molecule has 0 saturated carbocycles. The van der Waals surface area contributed by atoms with Gasteiger partial charge >= 0.3 is 0 Å². The molecule has 1 heterocycles. The van der Waals surface area contributed by atoms with Crippen molar-refractivity contribution < 1.29 is 0 Å². The van der Waals surface area contributed by atoms with Crippen molar-refractivity contribution in [1.29, 1.82) is 0 Å². The summed E-state index contributed by atoms with van der Waals surface area (Å²) in [6.45, 7) is 4.83. The van der Waals surface area contributed by atoms with Crippen LogP contribution in [0.25, 0.3) is 0 Å². The van der Waals surface area contributed by atoms with Crippen LogP contribution >= 0.6 is 0 Å². The molecule has 0 spiro atoms. The summed E-state index contributed by atoms with van der Waals surface area (Å²) in [5.74, 6) is 0.593. The van der Waals surface area contributed by atoms with E-state index >= 15 is 0 Å². The second kappa shape index (κ2) is 6.57. The molecular formula is C12H20N2. The molecule has 3 N–H and O–H groups in total. The van der Waals surface area contributed by atoms with Gasteiger partial charge in [-0.1, -0.05) is 30.4 Å². The largest absolute Gasteiger partial charge is 0.330 e. The fourth-order valence-corrected chi connectivity index (χ4v) is 1.68. The highest BCUT2D eigenvalue weighted by Gasteiger charge is 2.13. The maximum absolute atomic E-state index is 5.58. The van der Waals surface area contributed by atoms with E-state index < -0.39 is 0 Å². The number of rotatable bonds is 4. The SMILES string of the molecule is C/C=C\C=C/C1=CCNCC1CCN. The molecule has 1 aliphatic rings. The molecule has 0 aliphatic carbocycles. The van der Waals surface area contributed by atoms with E-state index in [-0.39, 0.29) is 0 Å². The number of hydrogen-bond acceptors (Lipinski definition) is 2. The maximum Gasteiger partial charge on any atom is 0.0140 e. The average Bonchev–Trinajstić information content (AvgIpc) is 2.21. The van der Waals surface area contributed by atoms with E-state index in [2.05, 4.69) is 29.6 Å². The minimum Gasteiger partial charge on any atom is -0.330 e. The van der Waals surface area contributed by atoms with E-state index in [1.807, 2.05) is 13.0 Å². The summed E-state index contributed by atoms with van der Waals surface area (Å²) in [6.07, 6.45) is 11.7. The van der Waals surface area contributed by atoms with Gasteiger partial charge in [-0.15, -0.1) is 0 Å². The fraction of sp³-hybridized carbons (Fsp3) is 0.500. The lowest BCUT2D eigenvalue weighted by molar-refractivity contribution is 0.509. The monoisotopic (exact) mass is 192 g/mol. The van der Waals surface area contributed by atoms with E-state index in [1.54, 1.807) is 0 Å². The Morgan fingerprint density at radius 3 is 3.14 bits per heavy atom. The summed E-state index contributed by atoms with van der Waals surface area (Å²) in [5.41, 5.74) is 7.01. The van der Waals surface area contributed by atoms with Gasteiger partial charge in [-0.2, -0.15) is 0 Å². The lowest BCUT2D eigenvalue weighted by Gasteiger charge is -2.22. The van der Waals surface area contributed by atoms with Crippen LogP contribution in [0.15, 0.2) is 36.0 Å². The Morgan fingerprint density at radius 2 is 2.43 bits per heavy atom. The van der Waals surface area contributed by atoms with E-state index in [0.29, 0.717) is 5.92 Å². The zero-order chi connectivity index (χ0) is 10.2. The summed E-state index contributed by atoms with van der Waals surface area (Å²) >= 11 is 0. The Bertz CT molecular complexity index is 239. The van der Waals surface area contributed by atoms with Gasteiger partial charge in [0.25, 0.3) is 0 Å². The van der Waals surface area contributed by atoms with Crippen LogP contribution in [0, 0.1) is 5.92 Å². The van der Waals surface area contributed by atoms with Crippen LogP contribution in [0.4, 0.5) is 0 Å². The molecule has 14 heavy (non-hydrogen) atoms. The Balaban J connectivity index is 2.57. The molecular weight excluding hydrogens is 172 g/mol. The smallest absolute Gasteiger partial charge is 0.0140 e. The number of allylic oxidation sites excluding steroid dienone is 4. The first-order valence-electron chi connectivity index (χ1n) is 5.28. The molecule has 1 unspecified atom stereocenters. The van der Waals surface area contributed by atoms with Crippen LogP contribution in [-0.4, -0.2) is 19.6 Å². The van der Waals surface area contributed by atoms with Gasteiger partial charge in [-0.05, 0) is 31.4 Å². The molecule has 1 aliphatic heterocycles. The molecule has 0 aromatic carbocycles. The number of nitrogens with one attached hydrogen (secondary N) is 1. The molecule has 0 radical (unpaired) electrons. The van der Waals surface area contributed by atoms with Crippen molar-refractivity contribution >= 4 is 0 Å². The summed E-state index contributed by atoms with van der Waals surface area (Å²) in [7, 11) is 0. The molecule has 2 nitrogen and oxygen atoms in total. The molecule has 1 atom stereocenters. The number of nitrogens with two attached hydrogens (primary N) is 1. The van der Waals surface area contributed by atoms with Gasteiger partial charge in [0.15, 0.2) is 0 Å². The second-order valence-electron chi connectivity index (χ2n) is 3.52. The summed E-state index contributed by atoms with van der Waals surface area (Å²) in [6, 6.07) is 0. The van der Waals surface area contributed by atoms with Gasteiger partial charge in [0.1, 0.15) is 0 Å². The molecule has 0 saturated heterocycles. The molecule has 2 heteroatoms. The van der Waals surface area contributed by atoms with Crippen molar-refractivity contribution in [2.45, 2.75) is 13.3 Å². The van der Waals surface area contributed by atoms with Gasteiger partial charge in [0.2, 0.25) is 0 Å². The molecule has 0 aromatic rings. The highest BCUT2D eigenvalue weighted by molar-refractivity contribution is 5.27. The van der Waals surface area contributed by atoms with Crippen molar-refractivity contribution in [3.05, 3.63) is 36.0 Å². The third-order valence-electron chi connectivity index (χ3n) is 2.45. The van der Waals surface area contributed by atoms with Crippen LogP contribution in [0.5, 0.6) is 0 Å². The molecule has 0 amide bonds. The first-order valence-corrected chi connectivity index (χ1v) is 5.28. The van der Waals surface area contributed by atoms with Gasteiger partial charge < -0.3 is 11.1 Å². The number of hydrogen-bond donors (Lipinski definition) is 2. The average molecular weight is 192 g/mol. The molecule has 0 bridgehead atoms. The zero-order valence-electron chi connectivity index (χ0n) is 8.87. The van der Waals surface area contributed by atoms with Gasteiger partial charge in [0.05, 0.1) is 0 Å². The quantitative estimate of drug-likeness (QED) is 0.664. The van der Waals surface area contributed by atoms with Crippen LogP contribution in [0.3, 0.4) is 0 Å². The van der Waals surface area contributed by atoms with Crippen molar-refractivity contribution in [2.75, 3.05) is 19.6 Å². The van der Waals surface area contributed by atoms with E-state index in [0.717, 1.165) is 26.1 Å². The van der Waals surface area contributed by atoms with Crippen LogP contribution in [0.2, 0.25) is 0 Å². The normalized spacial score (nSPS) is 23.3. The molecule has 1 rings (SSSR count). The fourth-order valence-electron chi connectivity index (χ4n) is 1.68. The van der Waals surface area contributed by atoms with Crippen molar-refractivity contribution in [2.24, 2.45) is 11.7 Å². The highest BCUT2D eigenvalue weighted by atomic mass is 14.9. The Hall–Kier alpha value is -0.860. The van der Waals surface area contributed by atoms with Crippen molar-refractivity contribution in [3.8, 4) is 0 Å². The minimum absolute atomic E-state index is 0.593. The van der Waals surface area contributed by atoms with Crippen LogP contribution in [0.1, 0.15) is 13.3 Å². The predicted octanol–water partition coefficient (Wildman–Crippen LogP) is 1.61. The van der Waals surface area contributed by atoms with Crippen LogP contribution in [-0.2, 0) is 0 Å². The summed E-state index contributed by atoms with van der Waals surface area (Å²) in [4.78, 5) is 0. The topological polar surface area (TPSA) is 38.0 Å². The van der Waals surface area contributed by atoms with E-state index in [9.17, 15) is 0 Å².